The summed E-state index contributed by atoms with van der Waals surface area (Å²) < 4.78 is 0.956. The highest BCUT2D eigenvalue weighted by atomic mass is 79.9. The number of nitrogens with zero attached hydrogens (tertiary/aromatic N) is 3. The lowest BCUT2D eigenvalue weighted by Crippen LogP contribution is -2.48. The summed E-state index contributed by atoms with van der Waals surface area (Å²) in [5.74, 6) is 0.618. The van der Waals surface area contributed by atoms with E-state index in [0.29, 0.717) is 18.5 Å². The molecule has 2 N–H and O–H groups in total. The minimum atomic E-state index is 0.389. The number of piperidine rings is 1. The highest BCUT2D eigenvalue weighted by molar-refractivity contribution is 9.10. The molecule has 0 spiro atoms. The molecule has 1 saturated heterocycles. The molecular weight excluding hydrogens is 316 g/mol. The van der Waals surface area contributed by atoms with Gasteiger partial charge in [0, 0.05) is 36.0 Å². The van der Waals surface area contributed by atoms with Gasteiger partial charge in [0.15, 0.2) is 0 Å². The summed E-state index contributed by atoms with van der Waals surface area (Å²) in [7, 11) is 0. The number of aromatic nitrogens is 2. The Morgan fingerprint density at radius 1 is 1.45 bits per heavy atom. The van der Waals surface area contributed by atoms with Crippen molar-refractivity contribution in [2.75, 3.05) is 18.0 Å². The van der Waals surface area contributed by atoms with Crippen molar-refractivity contribution in [2.24, 2.45) is 11.7 Å². The van der Waals surface area contributed by atoms with E-state index >= 15 is 0 Å². The Bertz CT molecular complexity index is 616. The maximum atomic E-state index is 6.00. The Balaban J connectivity index is 2.08. The van der Waals surface area contributed by atoms with Gasteiger partial charge < -0.3 is 10.6 Å². The number of hydrogen-bond donors (Lipinski definition) is 1. The fourth-order valence-corrected chi connectivity index (χ4v) is 3.45. The Hall–Kier alpha value is -1.20. The molecule has 1 fully saturated rings. The van der Waals surface area contributed by atoms with E-state index in [2.05, 4.69) is 43.8 Å². The number of fused-ring (bicyclic) bond motifs is 1. The maximum absolute atomic E-state index is 6.00. The van der Waals surface area contributed by atoms with Crippen LogP contribution in [0, 0.1) is 5.92 Å². The summed E-state index contributed by atoms with van der Waals surface area (Å²) in [5, 5.41) is 0. The molecule has 2 atom stereocenters. The van der Waals surface area contributed by atoms with Crippen LogP contribution in [0.15, 0.2) is 29.0 Å². The fraction of sp³-hybridized carbons (Fsp3) is 0.467. The van der Waals surface area contributed by atoms with Crippen LogP contribution in [0.4, 0.5) is 5.69 Å². The third-order valence-electron chi connectivity index (χ3n) is 4.19. The second-order valence-corrected chi connectivity index (χ2v) is 6.38. The van der Waals surface area contributed by atoms with Crippen LogP contribution >= 0.6 is 15.9 Å². The first-order valence-electron chi connectivity index (χ1n) is 7.07. The van der Waals surface area contributed by atoms with Crippen LogP contribution in [0.2, 0.25) is 0 Å². The van der Waals surface area contributed by atoms with Gasteiger partial charge >= 0.3 is 0 Å². The molecule has 1 aliphatic rings. The van der Waals surface area contributed by atoms with Gasteiger partial charge in [-0.1, -0.05) is 6.92 Å². The number of halogens is 1. The SMILES string of the molecule is CC1CCCN(c2ccnc3cc(Br)cnc23)C1CN. The molecule has 0 amide bonds. The topological polar surface area (TPSA) is 55.0 Å². The van der Waals surface area contributed by atoms with E-state index in [0.717, 1.165) is 27.7 Å². The van der Waals surface area contributed by atoms with Gasteiger partial charge in [-0.05, 0) is 46.8 Å². The Kier molecular flexibility index (Phi) is 3.89. The fourth-order valence-electron chi connectivity index (χ4n) is 3.13. The molecule has 20 heavy (non-hydrogen) atoms. The minimum Gasteiger partial charge on any atom is -0.365 e. The summed E-state index contributed by atoms with van der Waals surface area (Å²) in [5.41, 5.74) is 9.04. The third-order valence-corrected chi connectivity index (χ3v) is 4.62. The van der Waals surface area contributed by atoms with Gasteiger partial charge in [-0.3, -0.25) is 9.97 Å². The first kappa shape index (κ1) is 13.8. The molecule has 2 aromatic rings. The molecule has 5 heteroatoms. The summed E-state index contributed by atoms with van der Waals surface area (Å²) in [6.07, 6.45) is 6.15. The van der Waals surface area contributed by atoms with Gasteiger partial charge in [0.1, 0.15) is 5.52 Å². The van der Waals surface area contributed by atoms with Gasteiger partial charge in [-0.2, -0.15) is 0 Å². The van der Waals surface area contributed by atoms with Gasteiger partial charge in [0.2, 0.25) is 0 Å². The summed E-state index contributed by atoms with van der Waals surface area (Å²) in [6, 6.07) is 4.46. The highest BCUT2D eigenvalue weighted by Crippen LogP contribution is 2.32. The van der Waals surface area contributed by atoms with Crippen LogP contribution in [0.25, 0.3) is 11.0 Å². The number of anilines is 1. The van der Waals surface area contributed by atoms with E-state index in [1.165, 1.54) is 12.8 Å². The normalized spacial score (nSPS) is 23.2. The number of pyridine rings is 2. The predicted octanol–water partition coefficient (Wildman–Crippen LogP) is 2.96. The number of hydrogen-bond acceptors (Lipinski definition) is 4. The second kappa shape index (κ2) is 5.66. The van der Waals surface area contributed by atoms with Crippen molar-refractivity contribution < 1.29 is 0 Å². The van der Waals surface area contributed by atoms with Crippen molar-refractivity contribution in [3.63, 3.8) is 0 Å². The van der Waals surface area contributed by atoms with Crippen molar-refractivity contribution in [1.82, 2.24) is 9.97 Å². The molecule has 0 aromatic carbocycles. The average Bonchev–Trinajstić information content (AvgIpc) is 2.46. The standard InChI is InChI=1S/C15H19BrN4/c1-10-3-2-6-20(14(10)8-17)13-4-5-18-12-7-11(16)9-19-15(12)13/h4-5,7,9-10,14H,2-3,6,8,17H2,1H3. The summed E-state index contributed by atoms with van der Waals surface area (Å²) >= 11 is 3.45. The van der Waals surface area contributed by atoms with Gasteiger partial charge in [0.05, 0.1) is 11.2 Å². The van der Waals surface area contributed by atoms with Gasteiger partial charge in [0.25, 0.3) is 0 Å². The lowest BCUT2D eigenvalue weighted by Gasteiger charge is -2.41. The van der Waals surface area contributed by atoms with Crippen LogP contribution in [0.5, 0.6) is 0 Å². The molecule has 0 saturated carbocycles. The van der Waals surface area contributed by atoms with Gasteiger partial charge in [-0.15, -0.1) is 0 Å². The molecule has 3 rings (SSSR count). The summed E-state index contributed by atoms with van der Waals surface area (Å²) in [6.45, 7) is 4.02. The van der Waals surface area contributed by atoms with Crippen LogP contribution < -0.4 is 10.6 Å². The van der Waals surface area contributed by atoms with E-state index < -0.39 is 0 Å². The van der Waals surface area contributed by atoms with Crippen molar-refractivity contribution in [3.8, 4) is 0 Å². The van der Waals surface area contributed by atoms with Crippen molar-refractivity contribution >= 4 is 32.7 Å². The van der Waals surface area contributed by atoms with Crippen LogP contribution in [0.1, 0.15) is 19.8 Å². The van der Waals surface area contributed by atoms with Crippen LogP contribution in [-0.4, -0.2) is 29.1 Å². The second-order valence-electron chi connectivity index (χ2n) is 5.47. The van der Waals surface area contributed by atoms with E-state index in [1.54, 1.807) is 0 Å². The largest absolute Gasteiger partial charge is 0.365 e. The molecule has 1 aliphatic heterocycles. The highest BCUT2D eigenvalue weighted by Gasteiger charge is 2.28. The first-order chi connectivity index (χ1) is 9.70. The monoisotopic (exact) mass is 334 g/mol. The van der Waals surface area contributed by atoms with Crippen LogP contribution in [-0.2, 0) is 0 Å². The molecule has 4 nitrogen and oxygen atoms in total. The molecule has 2 unspecified atom stereocenters. The number of rotatable bonds is 2. The molecule has 0 aliphatic carbocycles. The molecule has 106 valence electrons. The van der Waals surface area contributed by atoms with E-state index in [1.807, 2.05) is 18.5 Å². The first-order valence-corrected chi connectivity index (χ1v) is 7.87. The molecule has 0 radical (unpaired) electrons. The average molecular weight is 335 g/mol. The zero-order valence-electron chi connectivity index (χ0n) is 11.6. The van der Waals surface area contributed by atoms with E-state index in [9.17, 15) is 0 Å². The van der Waals surface area contributed by atoms with Crippen molar-refractivity contribution in [1.29, 1.82) is 0 Å². The third kappa shape index (κ3) is 2.40. The molecule has 3 heterocycles. The van der Waals surface area contributed by atoms with Crippen molar-refractivity contribution in [3.05, 3.63) is 29.0 Å². The molecule has 0 bridgehead atoms. The molecule has 2 aromatic heterocycles. The van der Waals surface area contributed by atoms with Gasteiger partial charge in [-0.25, -0.2) is 0 Å². The minimum absolute atomic E-state index is 0.389. The Morgan fingerprint density at radius 2 is 2.30 bits per heavy atom. The van der Waals surface area contributed by atoms with E-state index in [4.69, 9.17) is 5.73 Å². The maximum Gasteiger partial charge on any atom is 0.112 e. The number of nitrogens with two attached hydrogens (primary N) is 1. The Labute approximate surface area is 127 Å². The van der Waals surface area contributed by atoms with E-state index in [-0.39, 0.29) is 0 Å². The summed E-state index contributed by atoms with van der Waals surface area (Å²) in [4.78, 5) is 11.4. The van der Waals surface area contributed by atoms with Crippen molar-refractivity contribution in [2.45, 2.75) is 25.8 Å². The van der Waals surface area contributed by atoms with Crippen LogP contribution in [0.3, 0.4) is 0 Å². The quantitative estimate of drug-likeness (QED) is 0.917. The zero-order chi connectivity index (χ0) is 14.1. The molecular formula is C15H19BrN4. The zero-order valence-corrected chi connectivity index (χ0v) is 13.2. The Morgan fingerprint density at radius 3 is 3.10 bits per heavy atom. The lowest BCUT2D eigenvalue weighted by molar-refractivity contribution is 0.350. The lowest BCUT2D eigenvalue weighted by atomic mass is 9.90. The predicted molar refractivity (Wildman–Crippen MR) is 85.8 cm³/mol. The smallest absolute Gasteiger partial charge is 0.112 e.